The van der Waals surface area contributed by atoms with Crippen LogP contribution in [0.15, 0.2) is 28.9 Å². The fourth-order valence-corrected chi connectivity index (χ4v) is 1.85. The molecule has 0 saturated heterocycles. The highest BCUT2D eigenvalue weighted by atomic mass is 79.9. The van der Waals surface area contributed by atoms with E-state index in [0.29, 0.717) is 11.3 Å². The number of hydrogen-bond donors (Lipinski definition) is 1. The van der Waals surface area contributed by atoms with Crippen molar-refractivity contribution in [3.63, 3.8) is 0 Å². The van der Waals surface area contributed by atoms with Crippen LogP contribution in [-0.2, 0) is 6.18 Å². The zero-order valence-electron chi connectivity index (χ0n) is 8.77. The molecule has 90 valence electrons. The lowest BCUT2D eigenvalue weighted by Crippen LogP contribution is -2.07. The van der Waals surface area contributed by atoms with Crippen LogP contribution in [0.2, 0.25) is 0 Å². The fraction of sp³-hybridized carbons (Fsp3) is 0.182. The lowest BCUT2D eigenvalue weighted by Gasteiger charge is -2.04. The third kappa shape index (κ3) is 2.52. The quantitative estimate of drug-likeness (QED) is 0.842. The molecule has 0 atom stereocenters. The van der Waals surface area contributed by atoms with E-state index < -0.39 is 12.0 Å². The van der Waals surface area contributed by atoms with Gasteiger partial charge in [0.05, 0.1) is 11.9 Å². The number of nitrogens with zero attached hydrogens (tertiary/aromatic N) is 1. The van der Waals surface area contributed by atoms with E-state index in [1.807, 2.05) is 19.1 Å². The van der Waals surface area contributed by atoms with E-state index in [2.05, 4.69) is 25.9 Å². The zero-order chi connectivity index (χ0) is 12.6. The highest BCUT2D eigenvalue weighted by molar-refractivity contribution is 9.10. The summed E-state index contributed by atoms with van der Waals surface area (Å²) in [6.45, 7) is 1.83. The molecule has 1 aromatic carbocycles. The van der Waals surface area contributed by atoms with Crippen LogP contribution in [0.5, 0.6) is 0 Å². The largest absolute Gasteiger partial charge is 0.449 e. The van der Waals surface area contributed by atoms with Crippen LogP contribution in [0, 0.1) is 6.92 Å². The van der Waals surface area contributed by atoms with Gasteiger partial charge in [0.25, 0.3) is 0 Å². The molecule has 0 aliphatic heterocycles. The highest BCUT2D eigenvalue weighted by Gasteiger charge is 2.34. The number of nitrogens with one attached hydrogen (secondary N) is 1. The maximum absolute atomic E-state index is 12.4. The van der Waals surface area contributed by atoms with Gasteiger partial charge in [0.1, 0.15) is 0 Å². The van der Waals surface area contributed by atoms with Gasteiger partial charge in [0.2, 0.25) is 5.82 Å². The monoisotopic (exact) mass is 304 g/mol. The van der Waals surface area contributed by atoms with Crippen molar-refractivity contribution >= 4 is 15.9 Å². The summed E-state index contributed by atoms with van der Waals surface area (Å²) in [5.41, 5.74) is 1.93. The highest BCUT2D eigenvalue weighted by Crippen LogP contribution is 2.30. The third-order valence-electron chi connectivity index (χ3n) is 2.33. The summed E-state index contributed by atoms with van der Waals surface area (Å²) >= 11 is 3.28. The number of halogens is 4. The molecule has 0 fully saturated rings. The molecule has 0 bridgehead atoms. The van der Waals surface area contributed by atoms with Crippen molar-refractivity contribution in [2.24, 2.45) is 0 Å². The first-order valence-electron chi connectivity index (χ1n) is 4.76. The Labute approximate surface area is 104 Å². The van der Waals surface area contributed by atoms with Crippen molar-refractivity contribution in [1.29, 1.82) is 0 Å². The van der Waals surface area contributed by atoms with Gasteiger partial charge in [-0.2, -0.15) is 13.2 Å². The number of alkyl halides is 3. The Morgan fingerprint density at radius 2 is 2.00 bits per heavy atom. The molecule has 6 heteroatoms. The number of hydrogen-bond acceptors (Lipinski definition) is 1. The van der Waals surface area contributed by atoms with E-state index >= 15 is 0 Å². The zero-order valence-corrected chi connectivity index (χ0v) is 10.4. The van der Waals surface area contributed by atoms with Crippen LogP contribution < -0.4 is 0 Å². The second kappa shape index (κ2) is 4.18. The number of benzene rings is 1. The van der Waals surface area contributed by atoms with Crippen molar-refractivity contribution in [2.75, 3.05) is 0 Å². The van der Waals surface area contributed by atoms with Gasteiger partial charge < -0.3 is 4.98 Å². The second-order valence-electron chi connectivity index (χ2n) is 3.60. The van der Waals surface area contributed by atoms with Crippen molar-refractivity contribution in [1.82, 2.24) is 9.97 Å². The number of aromatic amines is 1. The van der Waals surface area contributed by atoms with E-state index in [9.17, 15) is 13.2 Å². The fourth-order valence-electron chi connectivity index (χ4n) is 1.49. The van der Waals surface area contributed by atoms with Gasteiger partial charge in [-0.1, -0.05) is 22.0 Å². The van der Waals surface area contributed by atoms with Gasteiger partial charge in [0.15, 0.2) is 0 Å². The second-order valence-corrected chi connectivity index (χ2v) is 4.52. The molecule has 2 nitrogen and oxygen atoms in total. The lowest BCUT2D eigenvalue weighted by molar-refractivity contribution is -0.144. The normalized spacial score (nSPS) is 11.8. The number of imidazole rings is 1. The summed E-state index contributed by atoms with van der Waals surface area (Å²) < 4.78 is 38.0. The number of aryl methyl sites for hydroxylation is 1. The predicted octanol–water partition coefficient (Wildman–Crippen LogP) is 4.17. The minimum absolute atomic E-state index is 0.358. The Morgan fingerprint density at radius 3 is 2.59 bits per heavy atom. The minimum Gasteiger partial charge on any atom is -0.334 e. The third-order valence-corrected chi connectivity index (χ3v) is 2.83. The topological polar surface area (TPSA) is 28.7 Å². The predicted molar refractivity (Wildman–Crippen MR) is 61.5 cm³/mol. The molecule has 2 aromatic rings. The van der Waals surface area contributed by atoms with Crippen molar-refractivity contribution < 1.29 is 13.2 Å². The molecule has 0 radical (unpaired) electrons. The molecule has 1 aromatic heterocycles. The van der Waals surface area contributed by atoms with Gasteiger partial charge in [0, 0.05) is 10.0 Å². The molecule has 1 heterocycles. The summed E-state index contributed by atoms with van der Waals surface area (Å²) in [5.74, 6) is -0.980. The summed E-state index contributed by atoms with van der Waals surface area (Å²) in [7, 11) is 0. The molecule has 1 N–H and O–H groups in total. The van der Waals surface area contributed by atoms with E-state index in [1.54, 1.807) is 6.07 Å². The van der Waals surface area contributed by atoms with Gasteiger partial charge in [-0.25, -0.2) is 4.98 Å². The van der Waals surface area contributed by atoms with Crippen LogP contribution in [0.1, 0.15) is 11.4 Å². The van der Waals surface area contributed by atoms with Crippen LogP contribution in [0.4, 0.5) is 13.2 Å². The van der Waals surface area contributed by atoms with E-state index in [4.69, 9.17) is 0 Å². The van der Waals surface area contributed by atoms with Crippen LogP contribution in [-0.4, -0.2) is 9.97 Å². The van der Waals surface area contributed by atoms with E-state index in [0.717, 1.165) is 10.0 Å². The summed E-state index contributed by atoms with van der Waals surface area (Å²) in [5, 5.41) is 0. The SMILES string of the molecule is Cc1ccc(Br)cc1-c1cnc(C(F)(F)F)[nH]1. The summed E-state index contributed by atoms with van der Waals surface area (Å²) in [6.07, 6.45) is -3.25. The Morgan fingerprint density at radius 1 is 1.29 bits per heavy atom. The number of H-pyrrole nitrogens is 1. The molecule has 0 saturated carbocycles. The summed E-state index contributed by atoms with van der Waals surface area (Å²) in [6, 6.07) is 5.41. The van der Waals surface area contributed by atoms with Crippen LogP contribution in [0.25, 0.3) is 11.3 Å². The average molecular weight is 305 g/mol. The Kier molecular flexibility index (Phi) is 2.99. The minimum atomic E-state index is -4.45. The maximum atomic E-state index is 12.4. The van der Waals surface area contributed by atoms with Crippen molar-refractivity contribution in [2.45, 2.75) is 13.1 Å². The first kappa shape index (κ1) is 12.2. The smallest absolute Gasteiger partial charge is 0.334 e. The molecular weight excluding hydrogens is 297 g/mol. The first-order chi connectivity index (χ1) is 7.88. The molecule has 2 rings (SSSR count). The average Bonchev–Trinajstić information content (AvgIpc) is 2.70. The number of aromatic nitrogens is 2. The maximum Gasteiger partial charge on any atom is 0.449 e. The van der Waals surface area contributed by atoms with E-state index in [1.165, 1.54) is 6.20 Å². The Bertz CT molecular complexity index is 546. The van der Waals surface area contributed by atoms with Gasteiger partial charge in [-0.05, 0) is 24.6 Å². The molecule has 17 heavy (non-hydrogen) atoms. The molecule has 0 unspecified atom stereocenters. The van der Waals surface area contributed by atoms with Gasteiger partial charge in [-0.3, -0.25) is 0 Å². The van der Waals surface area contributed by atoms with Crippen LogP contribution >= 0.6 is 15.9 Å². The molecule has 0 amide bonds. The Hall–Kier alpha value is -1.30. The molecular formula is C11H8BrF3N2. The van der Waals surface area contributed by atoms with Gasteiger partial charge >= 0.3 is 6.18 Å². The van der Waals surface area contributed by atoms with Crippen molar-refractivity contribution in [3.05, 3.63) is 40.3 Å². The molecule has 0 aliphatic carbocycles. The Balaban J connectivity index is 2.47. The molecule has 0 spiro atoms. The van der Waals surface area contributed by atoms with E-state index in [-0.39, 0.29) is 0 Å². The van der Waals surface area contributed by atoms with Crippen molar-refractivity contribution in [3.8, 4) is 11.3 Å². The lowest BCUT2D eigenvalue weighted by atomic mass is 10.1. The number of rotatable bonds is 1. The first-order valence-corrected chi connectivity index (χ1v) is 5.56. The van der Waals surface area contributed by atoms with Gasteiger partial charge in [-0.15, -0.1) is 0 Å². The summed E-state index contributed by atoms with van der Waals surface area (Å²) in [4.78, 5) is 5.62. The molecule has 0 aliphatic rings. The van der Waals surface area contributed by atoms with Crippen LogP contribution in [0.3, 0.4) is 0 Å². The standard InChI is InChI=1S/C11H8BrF3N2/c1-6-2-3-7(12)4-8(6)9-5-16-10(17-9)11(13,14)15/h2-5H,1H3,(H,16,17).